The lowest BCUT2D eigenvalue weighted by Crippen LogP contribution is -2.28. The van der Waals surface area contributed by atoms with Gasteiger partial charge in [-0.15, -0.1) is 0 Å². The molecule has 0 spiro atoms. The minimum Gasteiger partial charge on any atom is -0.386 e. The van der Waals surface area contributed by atoms with Crippen molar-refractivity contribution in [3.63, 3.8) is 0 Å². The molecule has 0 fully saturated rings. The molecule has 1 amide bonds. The average molecular weight is 317 g/mol. The fourth-order valence-electron chi connectivity index (χ4n) is 1.78. The molecule has 1 N–H and O–H groups in total. The van der Waals surface area contributed by atoms with Crippen LogP contribution in [0.15, 0.2) is 59.8 Å². The zero-order valence-electron chi connectivity index (χ0n) is 12.0. The fourth-order valence-corrected chi connectivity index (χ4v) is 1.91. The van der Waals surface area contributed by atoms with Gasteiger partial charge in [-0.2, -0.15) is 0 Å². The third kappa shape index (κ3) is 5.97. The van der Waals surface area contributed by atoms with Crippen LogP contribution < -0.4 is 5.32 Å². The van der Waals surface area contributed by atoms with Crippen LogP contribution in [0, 0.1) is 0 Å². The number of carbonyl (C=O) groups is 1. The van der Waals surface area contributed by atoms with E-state index in [1.54, 1.807) is 6.21 Å². The van der Waals surface area contributed by atoms with Crippen molar-refractivity contribution in [3.8, 4) is 0 Å². The van der Waals surface area contributed by atoms with E-state index in [4.69, 9.17) is 16.4 Å². The van der Waals surface area contributed by atoms with Gasteiger partial charge in [0.1, 0.15) is 0 Å². The molecule has 5 heteroatoms. The molecule has 0 aliphatic carbocycles. The highest BCUT2D eigenvalue weighted by Crippen LogP contribution is 2.09. The molecule has 0 saturated carbocycles. The lowest BCUT2D eigenvalue weighted by atomic mass is 10.1. The highest BCUT2D eigenvalue weighted by atomic mass is 35.5. The number of carbonyl (C=O) groups excluding carboxylic acids is 1. The normalized spacial score (nSPS) is 10.6. The Bertz CT molecular complexity index is 612. The number of rotatable bonds is 7. The quantitative estimate of drug-likeness (QED) is 0.630. The van der Waals surface area contributed by atoms with Crippen LogP contribution in [0.1, 0.15) is 11.1 Å². The van der Waals surface area contributed by atoms with Gasteiger partial charge in [0.05, 0.1) is 6.21 Å². The van der Waals surface area contributed by atoms with E-state index < -0.39 is 0 Å². The SMILES string of the molecule is O=C(CO/N=C\c1ccccc1)NCCc1ccc(Cl)cc1. The van der Waals surface area contributed by atoms with Gasteiger partial charge in [-0.25, -0.2) is 0 Å². The van der Waals surface area contributed by atoms with Crippen molar-refractivity contribution in [2.24, 2.45) is 5.16 Å². The summed E-state index contributed by atoms with van der Waals surface area (Å²) in [4.78, 5) is 16.5. The number of nitrogens with zero attached hydrogens (tertiary/aromatic N) is 1. The van der Waals surface area contributed by atoms with Crippen molar-refractivity contribution in [1.29, 1.82) is 0 Å². The molecule has 0 saturated heterocycles. The maximum Gasteiger partial charge on any atom is 0.260 e. The maximum absolute atomic E-state index is 11.6. The molecule has 0 aliphatic heterocycles. The molecule has 4 nitrogen and oxygen atoms in total. The van der Waals surface area contributed by atoms with Gasteiger partial charge in [-0.05, 0) is 29.7 Å². The first-order chi connectivity index (χ1) is 10.7. The summed E-state index contributed by atoms with van der Waals surface area (Å²) in [5.74, 6) is -0.195. The van der Waals surface area contributed by atoms with Crippen LogP contribution in [0.3, 0.4) is 0 Å². The number of halogens is 1. The maximum atomic E-state index is 11.6. The van der Waals surface area contributed by atoms with Crippen molar-refractivity contribution < 1.29 is 9.63 Å². The van der Waals surface area contributed by atoms with Gasteiger partial charge in [0.15, 0.2) is 6.61 Å². The van der Waals surface area contributed by atoms with Crippen molar-refractivity contribution in [2.75, 3.05) is 13.2 Å². The summed E-state index contributed by atoms with van der Waals surface area (Å²) in [6.07, 6.45) is 2.32. The zero-order valence-corrected chi connectivity index (χ0v) is 12.8. The van der Waals surface area contributed by atoms with Gasteiger partial charge in [0, 0.05) is 11.6 Å². The summed E-state index contributed by atoms with van der Waals surface area (Å²) in [6.45, 7) is 0.455. The lowest BCUT2D eigenvalue weighted by Gasteiger charge is -2.04. The molecule has 2 aromatic carbocycles. The minimum absolute atomic E-state index is 0.0933. The van der Waals surface area contributed by atoms with Crippen molar-refractivity contribution in [3.05, 3.63) is 70.7 Å². The predicted octanol–water partition coefficient (Wildman–Crippen LogP) is 3.05. The second-order valence-electron chi connectivity index (χ2n) is 4.65. The number of hydrogen-bond donors (Lipinski definition) is 1. The van der Waals surface area contributed by atoms with Crippen molar-refractivity contribution >= 4 is 23.7 Å². The molecule has 22 heavy (non-hydrogen) atoms. The highest BCUT2D eigenvalue weighted by molar-refractivity contribution is 6.30. The first-order valence-electron chi connectivity index (χ1n) is 6.95. The van der Waals surface area contributed by atoms with E-state index in [0.29, 0.717) is 11.6 Å². The largest absolute Gasteiger partial charge is 0.386 e. The summed E-state index contributed by atoms with van der Waals surface area (Å²) in [7, 11) is 0. The second kappa shape index (κ2) is 8.85. The number of hydrogen-bond acceptors (Lipinski definition) is 3. The molecule has 0 atom stereocenters. The Morgan fingerprint density at radius 3 is 2.59 bits per heavy atom. The highest BCUT2D eigenvalue weighted by Gasteiger charge is 2.01. The number of amides is 1. The number of nitrogens with one attached hydrogen (secondary N) is 1. The van der Waals surface area contributed by atoms with Crippen LogP contribution in [0.25, 0.3) is 0 Å². The third-order valence-electron chi connectivity index (χ3n) is 2.92. The molecular formula is C17H17ClN2O2. The molecule has 2 rings (SSSR count). The molecule has 0 bridgehead atoms. The van der Waals surface area contributed by atoms with E-state index >= 15 is 0 Å². The lowest BCUT2D eigenvalue weighted by molar-refractivity contribution is -0.125. The topological polar surface area (TPSA) is 50.7 Å². The standard InChI is InChI=1S/C17H17ClN2O2/c18-16-8-6-14(7-9-16)10-11-19-17(21)13-22-20-12-15-4-2-1-3-5-15/h1-9,12H,10-11,13H2,(H,19,21)/b20-12-. The Hall–Kier alpha value is -2.33. The van der Waals surface area contributed by atoms with Crippen LogP contribution in [-0.2, 0) is 16.1 Å². The van der Waals surface area contributed by atoms with Crippen LogP contribution in [0.4, 0.5) is 0 Å². The Balaban J connectivity index is 1.62. The van der Waals surface area contributed by atoms with E-state index in [2.05, 4.69) is 10.5 Å². The summed E-state index contributed by atoms with van der Waals surface area (Å²) in [5.41, 5.74) is 2.04. The van der Waals surface area contributed by atoms with E-state index in [9.17, 15) is 4.79 Å². The molecule has 0 aromatic heterocycles. The Labute approximate surface area is 134 Å². The number of oxime groups is 1. The monoisotopic (exact) mass is 316 g/mol. The first-order valence-corrected chi connectivity index (χ1v) is 7.33. The summed E-state index contributed by atoms with van der Waals surface area (Å²) in [6, 6.07) is 17.1. The Kier molecular flexibility index (Phi) is 6.45. The van der Waals surface area contributed by atoms with E-state index in [1.165, 1.54) is 0 Å². The van der Waals surface area contributed by atoms with Gasteiger partial charge in [-0.1, -0.05) is 59.2 Å². The smallest absolute Gasteiger partial charge is 0.260 e. The molecule has 0 heterocycles. The molecule has 0 radical (unpaired) electrons. The Morgan fingerprint density at radius 2 is 1.86 bits per heavy atom. The summed E-state index contributed by atoms with van der Waals surface area (Å²) >= 11 is 5.81. The minimum atomic E-state index is -0.195. The van der Waals surface area contributed by atoms with Gasteiger partial charge in [0.2, 0.25) is 0 Å². The zero-order chi connectivity index (χ0) is 15.6. The predicted molar refractivity (Wildman–Crippen MR) is 88.2 cm³/mol. The van der Waals surface area contributed by atoms with E-state index in [1.807, 2.05) is 54.6 Å². The number of benzene rings is 2. The summed E-state index contributed by atoms with van der Waals surface area (Å²) in [5, 5.41) is 7.24. The molecular weight excluding hydrogens is 300 g/mol. The van der Waals surface area contributed by atoms with Gasteiger partial charge in [0.25, 0.3) is 5.91 Å². The second-order valence-corrected chi connectivity index (χ2v) is 5.08. The van der Waals surface area contributed by atoms with Gasteiger partial charge >= 0.3 is 0 Å². The Morgan fingerprint density at radius 1 is 1.14 bits per heavy atom. The third-order valence-corrected chi connectivity index (χ3v) is 3.17. The fraction of sp³-hybridized carbons (Fsp3) is 0.176. The average Bonchev–Trinajstić information content (AvgIpc) is 2.54. The van der Waals surface area contributed by atoms with Gasteiger partial charge in [-0.3, -0.25) is 4.79 Å². The van der Waals surface area contributed by atoms with Crippen molar-refractivity contribution in [2.45, 2.75) is 6.42 Å². The molecule has 114 valence electrons. The van der Waals surface area contributed by atoms with E-state index in [0.717, 1.165) is 17.5 Å². The van der Waals surface area contributed by atoms with Crippen LogP contribution in [0.2, 0.25) is 5.02 Å². The molecule has 0 unspecified atom stereocenters. The first kappa shape index (κ1) is 16.0. The van der Waals surface area contributed by atoms with Crippen LogP contribution in [0.5, 0.6) is 0 Å². The van der Waals surface area contributed by atoms with Crippen molar-refractivity contribution in [1.82, 2.24) is 5.32 Å². The molecule has 2 aromatic rings. The van der Waals surface area contributed by atoms with Gasteiger partial charge < -0.3 is 10.2 Å². The van der Waals surface area contributed by atoms with Crippen LogP contribution in [-0.4, -0.2) is 25.3 Å². The van der Waals surface area contributed by atoms with E-state index in [-0.39, 0.29) is 12.5 Å². The van der Waals surface area contributed by atoms with Crippen LogP contribution >= 0.6 is 11.6 Å². The summed E-state index contributed by atoms with van der Waals surface area (Å²) < 4.78 is 0. The molecule has 0 aliphatic rings.